The van der Waals surface area contributed by atoms with Crippen molar-refractivity contribution in [2.24, 2.45) is 0 Å². The zero-order valence-electron chi connectivity index (χ0n) is 17.1. The smallest absolute Gasteiger partial charge is 0.337 e. The van der Waals surface area contributed by atoms with Crippen molar-refractivity contribution >= 4 is 28.9 Å². The van der Waals surface area contributed by atoms with Gasteiger partial charge in [-0.1, -0.05) is 12.1 Å². The molecule has 0 aliphatic carbocycles. The van der Waals surface area contributed by atoms with E-state index in [-0.39, 0.29) is 22.6 Å². The molecule has 0 spiro atoms. The molecule has 0 saturated carbocycles. The molecule has 0 atom stereocenters. The van der Waals surface area contributed by atoms with Gasteiger partial charge in [-0.15, -0.1) is 0 Å². The van der Waals surface area contributed by atoms with Gasteiger partial charge in [0, 0.05) is 37.4 Å². The summed E-state index contributed by atoms with van der Waals surface area (Å²) in [4.78, 5) is 28.2. The minimum absolute atomic E-state index is 0.0468. The number of anilines is 3. The number of amides is 1. The van der Waals surface area contributed by atoms with Crippen molar-refractivity contribution in [2.45, 2.75) is 0 Å². The van der Waals surface area contributed by atoms with Crippen molar-refractivity contribution in [3.05, 3.63) is 89.5 Å². The second-order valence-electron chi connectivity index (χ2n) is 7.42. The molecule has 1 heterocycles. The minimum Gasteiger partial charge on any atom is -0.478 e. The van der Waals surface area contributed by atoms with Gasteiger partial charge in [0.15, 0.2) is 0 Å². The summed E-state index contributed by atoms with van der Waals surface area (Å²) in [5.74, 6) is -2.44. The van der Waals surface area contributed by atoms with E-state index in [0.717, 1.165) is 12.1 Å². The van der Waals surface area contributed by atoms with E-state index in [9.17, 15) is 23.5 Å². The molecular formula is C24H21F2N3O3. The van der Waals surface area contributed by atoms with Gasteiger partial charge in [-0.2, -0.15) is 0 Å². The summed E-state index contributed by atoms with van der Waals surface area (Å²) in [7, 11) is 0. The molecule has 0 radical (unpaired) electrons. The van der Waals surface area contributed by atoms with Crippen LogP contribution >= 0.6 is 0 Å². The Labute approximate surface area is 183 Å². The predicted molar refractivity (Wildman–Crippen MR) is 119 cm³/mol. The van der Waals surface area contributed by atoms with E-state index in [2.05, 4.69) is 5.32 Å². The summed E-state index contributed by atoms with van der Waals surface area (Å²) < 4.78 is 27.1. The average Bonchev–Trinajstić information content (AvgIpc) is 2.80. The number of aromatic carboxylic acids is 1. The number of nitrogens with zero attached hydrogens (tertiary/aromatic N) is 2. The molecular weight excluding hydrogens is 416 g/mol. The molecule has 1 aliphatic rings. The molecule has 1 amide bonds. The number of benzene rings is 3. The summed E-state index contributed by atoms with van der Waals surface area (Å²) >= 11 is 0. The molecule has 32 heavy (non-hydrogen) atoms. The highest BCUT2D eigenvalue weighted by molar-refractivity contribution is 6.08. The Kier molecular flexibility index (Phi) is 6.02. The lowest BCUT2D eigenvalue weighted by atomic mass is 10.1. The molecule has 1 aliphatic heterocycles. The first-order valence-corrected chi connectivity index (χ1v) is 10.1. The third-order valence-corrected chi connectivity index (χ3v) is 5.43. The summed E-state index contributed by atoms with van der Waals surface area (Å²) in [6.45, 7) is 2.36. The molecule has 164 valence electrons. The largest absolute Gasteiger partial charge is 0.478 e. The van der Waals surface area contributed by atoms with Crippen LogP contribution in [0.2, 0.25) is 0 Å². The number of hydrogen-bond donors (Lipinski definition) is 2. The molecule has 8 heteroatoms. The van der Waals surface area contributed by atoms with Crippen LogP contribution in [0.1, 0.15) is 20.7 Å². The molecule has 6 nitrogen and oxygen atoms in total. The van der Waals surface area contributed by atoms with Crippen molar-refractivity contribution in [2.75, 3.05) is 41.3 Å². The topological polar surface area (TPSA) is 72.9 Å². The third-order valence-electron chi connectivity index (χ3n) is 5.43. The van der Waals surface area contributed by atoms with E-state index >= 15 is 0 Å². The number of rotatable bonds is 5. The standard InChI is InChI=1S/C24H21F2N3O3/c25-17-7-5-16(6-8-17)23(30)27-21-10-9-18(15-19(21)24(31)32)28-11-13-29(14-12-28)22-4-2-1-3-20(22)26/h1-10,15H,11-14H2,(H,27,30)(H,31,32). The number of piperazine rings is 1. The van der Waals surface area contributed by atoms with Crippen LogP contribution in [0.15, 0.2) is 66.7 Å². The third kappa shape index (κ3) is 4.54. The van der Waals surface area contributed by atoms with Crippen LogP contribution in [0, 0.1) is 11.6 Å². The van der Waals surface area contributed by atoms with E-state index in [1.54, 1.807) is 30.3 Å². The Morgan fingerprint density at radius 1 is 0.844 bits per heavy atom. The van der Waals surface area contributed by atoms with E-state index in [4.69, 9.17) is 0 Å². The van der Waals surface area contributed by atoms with E-state index in [1.165, 1.54) is 24.3 Å². The summed E-state index contributed by atoms with van der Waals surface area (Å²) in [5.41, 5.74) is 1.58. The quantitative estimate of drug-likeness (QED) is 0.625. The van der Waals surface area contributed by atoms with Crippen molar-refractivity contribution in [1.29, 1.82) is 0 Å². The lowest BCUT2D eigenvalue weighted by Gasteiger charge is -2.37. The molecule has 0 unspecified atom stereocenters. The SMILES string of the molecule is O=C(Nc1ccc(N2CCN(c3ccccc3F)CC2)cc1C(=O)O)c1ccc(F)cc1. The second kappa shape index (κ2) is 9.05. The van der Waals surface area contributed by atoms with Gasteiger partial charge in [0.05, 0.1) is 16.9 Å². The van der Waals surface area contributed by atoms with Gasteiger partial charge in [-0.3, -0.25) is 4.79 Å². The lowest BCUT2D eigenvalue weighted by Crippen LogP contribution is -2.46. The van der Waals surface area contributed by atoms with Gasteiger partial charge in [-0.25, -0.2) is 13.6 Å². The summed E-state index contributed by atoms with van der Waals surface area (Å²) in [6, 6.07) is 16.4. The number of hydrogen-bond acceptors (Lipinski definition) is 4. The van der Waals surface area contributed by atoms with Crippen molar-refractivity contribution in [3.8, 4) is 0 Å². The first-order valence-electron chi connectivity index (χ1n) is 10.1. The maximum atomic E-state index is 14.1. The van der Waals surface area contributed by atoms with Crippen LogP contribution < -0.4 is 15.1 Å². The fraction of sp³-hybridized carbons (Fsp3) is 0.167. The number of nitrogens with one attached hydrogen (secondary N) is 1. The van der Waals surface area contributed by atoms with Crippen molar-refractivity contribution in [1.82, 2.24) is 0 Å². The molecule has 1 fully saturated rings. The minimum atomic E-state index is -1.17. The second-order valence-corrected chi connectivity index (χ2v) is 7.42. The number of carboxylic acid groups (broad SMARTS) is 1. The van der Waals surface area contributed by atoms with Crippen molar-refractivity contribution in [3.63, 3.8) is 0 Å². The Bertz CT molecular complexity index is 1140. The van der Waals surface area contributed by atoms with Gasteiger partial charge in [-0.05, 0) is 54.6 Å². The number of carbonyl (C=O) groups excluding carboxylic acids is 1. The van der Waals surface area contributed by atoms with Gasteiger partial charge in [0.1, 0.15) is 11.6 Å². The fourth-order valence-electron chi connectivity index (χ4n) is 3.72. The normalized spacial score (nSPS) is 13.7. The van der Waals surface area contributed by atoms with E-state index < -0.39 is 17.7 Å². The Morgan fingerprint density at radius 2 is 1.50 bits per heavy atom. The van der Waals surface area contributed by atoms with E-state index in [1.807, 2.05) is 9.80 Å². The fourth-order valence-corrected chi connectivity index (χ4v) is 3.72. The maximum absolute atomic E-state index is 14.1. The maximum Gasteiger partial charge on any atom is 0.337 e. The molecule has 2 N–H and O–H groups in total. The average molecular weight is 437 g/mol. The number of carbonyl (C=O) groups is 2. The zero-order chi connectivity index (χ0) is 22.7. The van der Waals surface area contributed by atoms with Crippen LogP contribution in [0.5, 0.6) is 0 Å². The van der Waals surface area contributed by atoms with Crippen LogP contribution in [0.3, 0.4) is 0 Å². The van der Waals surface area contributed by atoms with Crippen LogP contribution in [-0.2, 0) is 0 Å². The Morgan fingerprint density at radius 3 is 2.16 bits per heavy atom. The van der Waals surface area contributed by atoms with Crippen LogP contribution in [-0.4, -0.2) is 43.2 Å². The summed E-state index contributed by atoms with van der Waals surface area (Å²) in [5, 5.41) is 12.2. The van der Waals surface area contributed by atoms with Crippen LogP contribution in [0.4, 0.5) is 25.8 Å². The monoisotopic (exact) mass is 437 g/mol. The molecule has 0 bridgehead atoms. The highest BCUT2D eigenvalue weighted by Crippen LogP contribution is 2.27. The van der Waals surface area contributed by atoms with Gasteiger partial charge >= 0.3 is 5.97 Å². The summed E-state index contributed by atoms with van der Waals surface area (Å²) in [6.07, 6.45) is 0. The van der Waals surface area contributed by atoms with E-state index in [0.29, 0.717) is 37.6 Å². The van der Waals surface area contributed by atoms with Gasteiger partial charge in [0.2, 0.25) is 0 Å². The Hall–Kier alpha value is -3.94. The number of halogens is 2. The zero-order valence-corrected chi connectivity index (χ0v) is 17.1. The van der Waals surface area contributed by atoms with Crippen LogP contribution in [0.25, 0.3) is 0 Å². The predicted octanol–water partition coefficient (Wildman–Crippen LogP) is 4.24. The Balaban J connectivity index is 1.48. The van der Waals surface area contributed by atoms with Crippen molar-refractivity contribution < 1.29 is 23.5 Å². The number of para-hydroxylation sites is 1. The molecule has 1 saturated heterocycles. The molecule has 3 aromatic rings. The lowest BCUT2D eigenvalue weighted by molar-refractivity contribution is 0.0698. The van der Waals surface area contributed by atoms with Gasteiger partial charge < -0.3 is 20.2 Å². The first kappa shape index (κ1) is 21.3. The molecule has 4 rings (SSSR count). The van der Waals surface area contributed by atoms with Gasteiger partial charge in [0.25, 0.3) is 5.91 Å². The highest BCUT2D eigenvalue weighted by atomic mass is 19.1. The first-order chi connectivity index (χ1) is 15.4. The molecule has 0 aromatic heterocycles. The highest BCUT2D eigenvalue weighted by Gasteiger charge is 2.22. The molecule has 3 aromatic carbocycles. The number of carboxylic acids is 1.